The number of hydrogen-bond acceptors (Lipinski definition) is 3. The molecular formula is C18H19O3P. The fourth-order valence-corrected chi connectivity index (χ4v) is 2.78. The number of rotatable bonds is 3. The zero-order valence-corrected chi connectivity index (χ0v) is 13.7. The highest BCUT2D eigenvalue weighted by molar-refractivity contribution is 7.15. The number of carbonyl (C=O) groups is 1. The third kappa shape index (κ3) is 3.31. The smallest absolute Gasteiger partial charge is 0.343 e. The van der Waals surface area contributed by atoms with Crippen LogP contribution in [-0.2, 0) is 12.6 Å². The van der Waals surface area contributed by atoms with Crippen LogP contribution in [0, 0.1) is 0 Å². The normalized spacial score (nSPS) is 16.5. The van der Waals surface area contributed by atoms with Gasteiger partial charge in [-0.15, -0.1) is 9.24 Å². The van der Waals surface area contributed by atoms with Gasteiger partial charge in [0.2, 0.25) is 0 Å². The van der Waals surface area contributed by atoms with Gasteiger partial charge in [0.1, 0.15) is 11.5 Å². The Hall–Kier alpha value is -1.86. The molecule has 0 fully saturated rings. The molecule has 0 bridgehead atoms. The van der Waals surface area contributed by atoms with Gasteiger partial charge in [0.25, 0.3) is 0 Å². The van der Waals surface area contributed by atoms with Crippen molar-refractivity contribution in [2.75, 3.05) is 0 Å². The van der Waals surface area contributed by atoms with Crippen molar-refractivity contribution >= 4 is 15.2 Å². The first-order valence-corrected chi connectivity index (χ1v) is 8.28. The molecule has 2 aromatic rings. The van der Waals surface area contributed by atoms with Crippen molar-refractivity contribution in [3.8, 4) is 11.5 Å². The highest BCUT2D eigenvalue weighted by Crippen LogP contribution is 2.28. The van der Waals surface area contributed by atoms with Gasteiger partial charge in [0, 0.05) is 0 Å². The van der Waals surface area contributed by atoms with Gasteiger partial charge in [0.15, 0.2) is 0 Å². The molecule has 1 heterocycles. The maximum atomic E-state index is 12.3. The van der Waals surface area contributed by atoms with Crippen LogP contribution in [0.1, 0.15) is 34.8 Å². The number of hydrogen-bond donors (Lipinski definition) is 0. The van der Waals surface area contributed by atoms with Crippen LogP contribution >= 0.6 is 9.24 Å². The summed E-state index contributed by atoms with van der Waals surface area (Å²) in [7, 11) is 2.67. The van der Waals surface area contributed by atoms with Gasteiger partial charge in [-0.25, -0.2) is 4.79 Å². The van der Waals surface area contributed by atoms with E-state index in [1.54, 1.807) is 6.07 Å². The molecule has 1 aliphatic heterocycles. The highest BCUT2D eigenvalue weighted by atomic mass is 31.0. The van der Waals surface area contributed by atoms with E-state index in [-0.39, 0.29) is 12.1 Å². The molecule has 2 aromatic carbocycles. The van der Waals surface area contributed by atoms with Gasteiger partial charge >= 0.3 is 5.97 Å². The van der Waals surface area contributed by atoms with E-state index in [1.807, 2.05) is 36.4 Å². The van der Waals surface area contributed by atoms with Crippen LogP contribution < -0.4 is 9.47 Å². The molecule has 3 nitrogen and oxygen atoms in total. The van der Waals surface area contributed by atoms with Crippen molar-refractivity contribution in [1.82, 2.24) is 0 Å². The van der Waals surface area contributed by atoms with Crippen molar-refractivity contribution in [2.24, 2.45) is 0 Å². The highest BCUT2D eigenvalue weighted by Gasteiger charge is 2.18. The third-order valence-electron chi connectivity index (χ3n) is 3.81. The quantitative estimate of drug-likeness (QED) is 0.488. The van der Waals surface area contributed by atoms with Gasteiger partial charge < -0.3 is 9.47 Å². The van der Waals surface area contributed by atoms with Gasteiger partial charge in [0.05, 0.1) is 11.7 Å². The maximum absolute atomic E-state index is 12.3. The monoisotopic (exact) mass is 314 g/mol. The van der Waals surface area contributed by atoms with Crippen LogP contribution in [0.25, 0.3) is 0 Å². The average molecular weight is 314 g/mol. The lowest BCUT2D eigenvalue weighted by Gasteiger charge is -2.23. The zero-order chi connectivity index (χ0) is 15.5. The average Bonchev–Trinajstić information content (AvgIpc) is 2.55. The molecule has 4 heteroatoms. The molecule has 0 aliphatic carbocycles. The molecule has 114 valence electrons. The van der Waals surface area contributed by atoms with Crippen LogP contribution in [0.15, 0.2) is 42.5 Å². The molecule has 0 radical (unpaired) electrons. The zero-order valence-electron chi connectivity index (χ0n) is 12.5. The van der Waals surface area contributed by atoms with E-state index in [4.69, 9.17) is 9.47 Å². The molecule has 3 rings (SSSR count). The lowest BCUT2D eigenvalue weighted by molar-refractivity contribution is 0.0734. The minimum Gasteiger partial charge on any atom is -0.490 e. The second-order valence-electron chi connectivity index (χ2n) is 5.53. The number of aryl methyl sites for hydroxylation is 1. The molecule has 2 unspecified atom stereocenters. The summed E-state index contributed by atoms with van der Waals surface area (Å²) in [6.45, 7) is 2.06. The number of carbonyl (C=O) groups excluding carboxylic acids is 1. The topological polar surface area (TPSA) is 35.5 Å². The molecular weight excluding hydrogens is 295 g/mol. The number of ether oxygens (including phenoxy) is 2. The largest absolute Gasteiger partial charge is 0.490 e. The van der Waals surface area contributed by atoms with E-state index in [0.29, 0.717) is 11.3 Å². The van der Waals surface area contributed by atoms with Crippen molar-refractivity contribution in [3.05, 3.63) is 59.2 Å². The summed E-state index contributed by atoms with van der Waals surface area (Å²) in [6, 6.07) is 13.0. The van der Waals surface area contributed by atoms with Crippen molar-refractivity contribution < 1.29 is 14.3 Å². The first-order chi connectivity index (χ1) is 10.7. The minimum absolute atomic E-state index is 0.237. The molecule has 22 heavy (non-hydrogen) atoms. The van der Waals surface area contributed by atoms with E-state index in [1.165, 1.54) is 5.56 Å². The first-order valence-electron chi connectivity index (χ1n) is 7.46. The Morgan fingerprint density at radius 1 is 1.27 bits per heavy atom. The number of fused-ring (bicyclic) bond motifs is 1. The SMILES string of the molecule is CC1CCc2cc(C(=O)Oc3ccc(CP)cc3)ccc2O1. The van der Waals surface area contributed by atoms with Crippen LogP contribution in [0.3, 0.4) is 0 Å². The summed E-state index contributed by atoms with van der Waals surface area (Å²) in [5, 5.41) is 0. The van der Waals surface area contributed by atoms with E-state index < -0.39 is 0 Å². The predicted molar refractivity (Wildman–Crippen MR) is 89.7 cm³/mol. The third-order valence-corrected chi connectivity index (χ3v) is 4.29. The summed E-state index contributed by atoms with van der Waals surface area (Å²) >= 11 is 0. The van der Waals surface area contributed by atoms with E-state index in [2.05, 4.69) is 16.2 Å². The Morgan fingerprint density at radius 2 is 2.05 bits per heavy atom. The fraction of sp³-hybridized carbons (Fsp3) is 0.278. The molecule has 0 saturated carbocycles. The summed E-state index contributed by atoms with van der Waals surface area (Å²) in [6.07, 6.45) is 3.03. The Morgan fingerprint density at radius 3 is 2.77 bits per heavy atom. The Balaban J connectivity index is 1.74. The molecule has 0 amide bonds. The van der Waals surface area contributed by atoms with Gasteiger partial charge in [-0.1, -0.05) is 12.1 Å². The van der Waals surface area contributed by atoms with Crippen LogP contribution in [0.4, 0.5) is 0 Å². The Kier molecular flexibility index (Phi) is 4.44. The molecule has 0 spiro atoms. The molecule has 0 N–H and O–H groups in total. The summed E-state index contributed by atoms with van der Waals surface area (Å²) in [5.74, 6) is 1.11. The standard InChI is InChI=1S/C18H19O3P/c1-12-2-5-14-10-15(6-9-17(14)20-12)18(19)21-16-7-3-13(11-22)4-8-16/h3-4,6-10,12H,2,5,11,22H2,1H3. The van der Waals surface area contributed by atoms with E-state index >= 15 is 0 Å². The fourth-order valence-electron chi connectivity index (χ4n) is 2.51. The second-order valence-corrected chi connectivity index (χ2v) is 5.94. The van der Waals surface area contributed by atoms with Crippen LogP contribution in [0.5, 0.6) is 11.5 Å². The Bertz CT molecular complexity index is 679. The van der Waals surface area contributed by atoms with E-state index in [0.717, 1.165) is 30.3 Å². The first kappa shape index (κ1) is 15.1. The predicted octanol–water partition coefficient (Wildman–Crippen LogP) is 3.99. The summed E-state index contributed by atoms with van der Waals surface area (Å²) < 4.78 is 11.2. The van der Waals surface area contributed by atoms with Crippen molar-refractivity contribution in [3.63, 3.8) is 0 Å². The summed E-state index contributed by atoms with van der Waals surface area (Å²) in [4.78, 5) is 12.3. The number of benzene rings is 2. The Labute approximate surface area is 132 Å². The minimum atomic E-state index is -0.333. The second kappa shape index (κ2) is 6.50. The van der Waals surface area contributed by atoms with Crippen LogP contribution in [0.2, 0.25) is 0 Å². The maximum Gasteiger partial charge on any atom is 0.343 e. The van der Waals surface area contributed by atoms with E-state index in [9.17, 15) is 4.79 Å². The van der Waals surface area contributed by atoms with Gasteiger partial charge in [-0.05, 0) is 67.4 Å². The summed E-state index contributed by atoms with van der Waals surface area (Å²) in [5.41, 5.74) is 2.82. The van der Waals surface area contributed by atoms with Crippen LogP contribution in [-0.4, -0.2) is 12.1 Å². The lowest BCUT2D eigenvalue weighted by atomic mass is 10.0. The molecule has 0 saturated heterocycles. The van der Waals surface area contributed by atoms with Gasteiger partial charge in [-0.3, -0.25) is 0 Å². The number of esters is 1. The van der Waals surface area contributed by atoms with Crippen molar-refractivity contribution in [2.45, 2.75) is 32.0 Å². The van der Waals surface area contributed by atoms with Crippen molar-refractivity contribution in [1.29, 1.82) is 0 Å². The molecule has 2 atom stereocenters. The molecule has 0 aromatic heterocycles. The van der Waals surface area contributed by atoms with Gasteiger partial charge in [-0.2, -0.15) is 0 Å². The molecule has 1 aliphatic rings. The lowest BCUT2D eigenvalue weighted by Crippen LogP contribution is -2.19.